The molecule has 0 aliphatic carbocycles. The Hall–Kier alpha value is -1.43. The molecule has 5 nitrogen and oxygen atoms in total. The van der Waals surface area contributed by atoms with E-state index in [1.54, 1.807) is 0 Å². The van der Waals surface area contributed by atoms with Crippen molar-refractivity contribution in [2.24, 2.45) is 5.73 Å². The first-order valence-corrected chi connectivity index (χ1v) is 7.73. The normalized spacial score (nSPS) is 18.4. The number of piperazine rings is 1. The van der Waals surface area contributed by atoms with Crippen LogP contribution in [0.25, 0.3) is 0 Å². The predicted molar refractivity (Wildman–Crippen MR) is 84.9 cm³/mol. The van der Waals surface area contributed by atoms with Gasteiger partial charge in [0.15, 0.2) is 0 Å². The number of benzene rings is 1. The number of amides is 1. The van der Waals surface area contributed by atoms with E-state index >= 15 is 0 Å². The fourth-order valence-electron chi connectivity index (χ4n) is 2.59. The van der Waals surface area contributed by atoms with E-state index in [-0.39, 0.29) is 5.91 Å². The van der Waals surface area contributed by atoms with E-state index in [1.165, 1.54) is 0 Å². The summed E-state index contributed by atoms with van der Waals surface area (Å²) in [5.74, 6) is -0.103. The maximum absolute atomic E-state index is 12.0. The molecule has 0 saturated carbocycles. The molecule has 1 atom stereocenters. The molecule has 116 valence electrons. The highest BCUT2D eigenvalue weighted by atomic mass is 16.2. The highest BCUT2D eigenvalue weighted by Crippen LogP contribution is 2.09. The lowest BCUT2D eigenvalue weighted by Crippen LogP contribution is -2.48. The van der Waals surface area contributed by atoms with Gasteiger partial charge in [0.25, 0.3) is 0 Å². The maximum atomic E-state index is 12.0. The van der Waals surface area contributed by atoms with E-state index in [0.717, 1.165) is 44.8 Å². The molecule has 1 aliphatic rings. The SMILES string of the molecule is CCN1CCN(CCNC(=O)C(N)c2ccccc2)CC1. The van der Waals surface area contributed by atoms with Crippen molar-refractivity contribution in [3.8, 4) is 0 Å². The lowest BCUT2D eigenvalue weighted by molar-refractivity contribution is -0.122. The zero-order valence-electron chi connectivity index (χ0n) is 12.8. The second-order valence-corrected chi connectivity index (χ2v) is 5.46. The van der Waals surface area contributed by atoms with E-state index in [4.69, 9.17) is 5.73 Å². The van der Waals surface area contributed by atoms with Gasteiger partial charge >= 0.3 is 0 Å². The molecule has 0 aromatic heterocycles. The van der Waals surface area contributed by atoms with Crippen molar-refractivity contribution in [3.63, 3.8) is 0 Å². The second-order valence-electron chi connectivity index (χ2n) is 5.46. The molecule has 1 amide bonds. The Kier molecular flexibility index (Phi) is 6.17. The zero-order valence-corrected chi connectivity index (χ0v) is 12.8. The quantitative estimate of drug-likeness (QED) is 0.798. The van der Waals surface area contributed by atoms with Crippen molar-refractivity contribution in [2.45, 2.75) is 13.0 Å². The van der Waals surface area contributed by atoms with Crippen LogP contribution in [-0.2, 0) is 4.79 Å². The van der Waals surface area contributed by atoms with Gasteiger partial charge in [0.1, 0.15) is 6.04 Å². The van der Waals surface area contributed by atoms with Crippen molar-refractivity contribution in [3.05, 3.63) is 35.9 Å². The van der Waals surface area contributed by atoms with Gasteiger partial charge in [-0.1, -0.05) is 37.3 Å². The third-order valence-electron chi connectivity index (χ3n) is 4.08. The van der Waals surface area contributed by atoms with Crippen LogP contribution in [0.4, 0.5) is 0 Å². The van der Waals surface area contributed by atoms with Crippen LogP contribution >= 0.6 is 0 Å². The molecule has 1 saturated heterocycles. The molecule has 2 rings (SSSR count). The van der Waals surface area contributed by atoms with Crippen LogP contribution in [0.5, 0.6) is 0 Å². The Labute approximate surface area is 127 Å². The number of nitrogens with two attached hydrogens (primary N) is 1. The summed E-state index contributed by atoms with van der Waals surface area (Å²) >= 11 is 0. The first-order valence-electron chi connectivity index (χ1n) is 7.73. The van der Waals surface area contributed by atoms with Gasteiger partial charge in [-0.05, 0) is 12.1 Å². The summed E-state index contributed by atoms with van der Waals surface area (Å²) in [7, 11) is 0. The number of likely N-dealkylation sites (N-methyl/N-ethyl adjacent to an activating group) is 1. The molecule has 1 heterocycles. The second kappa shape index (κ2) is 8.12. The minimum atomic E-state index is -0.580. The fourth-order valence-corrected chi connectivity index (χ4v) is 2.59. The Morgan fingerprint density at radius 3 is 2.43 bits per heavy atom. The summed E-state index contributed by atoms with van der Waals surface area (Å²) in [4.78, 5) is 16.9. The van der Waals surface area contributed by atoms with E-state index in [0.29, 0.717) is 6.54 Å². The molecule has 5 heteroatoms. The third kappa shape index (κ3) is 4.81. The molecule has 3 N–H and O–H groups in total. The molecule has 0 spiro atoms. The van der Waals surface area contributed by atoms with Gasteiger partial charge in [-0.15, -0.1) is 0 Å². The van der Waals surface area contributed by atoms with Crippen LogP contribution in [0.3, 0.4) is 0 Å². The van der Waals surface area contributed by atoms with Crippen molar-refractivity contribution < 1.29 is 4.79 Å². The molecule has 1 aromatic carbocycles. The molecule has 1 unspecified atom stereocenters. The van der Waals surface area contributed by atoms with Crippen LogP contribution < -0.4 is 11.1 Å². The summed E-state index contributed by atoms with van der Waals surface area (Å²) in [5, 5.41) is 2.93. The molecule has 0 radical (unpaired) electrons. The number of hydrogen-bond donors (Lipinski definition) is 2. The average molecular weight is 290 g/mol. The number of hydrogen-bond acceptors (Lipinski definition) is 4. The van der Waals surface area contributed by atoms with Crippen LogP contribution in [0.2, 0.25) is 0 Å². The van der Waals surface area contributed by atoms with Crippen LogP contribution in [-0.4, -0.2) is 61.5 Å². The minimum absolute atomic E-state index is 0.103. The van der Waals surface area contributed by atoms with E-state index in [1.807, 2.05) is 30.3 Å². The first kappa shape index (κ1) is 15.9. The van der Waals surface area contributed by atoms with E-state index < -0.39 is 6.04 Å². The van der Waals surface area contributed by atoms with Gasteiger partial charge in [-0.25, -0.2) is 0 Å². The zero-order chi connectivity index (χ0) is 15.1. The van der Waals surface area contributed by atoms with Gasteiger partial charge in [0.05, 0.1) is 0 Å². The maximum Gasteiger partial charge on any atom is 0.241 e. The molecule has 21 heavy (non-hydrogen) atoms. The Bertz CT molecular complexity index is 429. The molecule has 1 aromatic rings. The Morgan fingerprint density at radius 2 is 1.81 bits per heavy atom. The summed E-state index contributed by atoms with van der Waals surface area (Å²) < 4.78 is 0. The van der Waals surface area contributed by atoms with Crippen molar-refractivity contribution in [2.75, 3.05) is 45.8 Å². The van der Waals surface area contributed by atoms with Crippen molar-refractivity contribution in [1.29, 1.82) is 0 Å². The number of rotatable bonds is 6. The number of carbonyl (C=O) groups is 1. The van der Waals surface area contributed by atoms with Crippen LogP contribution in [0.15, 0.2) is 30.3 Å². The largest absolute Gasteiger partial charge is 0.353 e. The lowest BCUT2D eigenvalue weighted by atomic mass is 10.1. The molecule has 1 fully saturated rings. The molecule has 1 aliphatic heterocycles. The number of nitrogens with zero attached hydrogens (tertiary/aromatic N) is 2. The van der Waals surface area contributed by atoms with Crippen LogP contribution in [0.1, 0.15) is 18.5 Å². The van der Waals surface area contributed by atoms with Gasteiger partial charge in [0.2, 0.25) is 5.91 Å². The summed E-state index contributed by atoms with van der Waals surface area (Å²) in [6.45, 7) is 9.26. The van der Waals surface area contributed by atoms with E-state index in [9.17, 15) is 4.79 Å². The standard InChI is InChI=1S/C16H26N4O/c1-2-19-10-12-20(13-11-19)9-8-18-16(21)15(17)14-6-4-3-5-7-14/h3-7,15H,2,8-13,17H2,1H3,(H,18,21). The third-order valence-corrected chi connectivity index (χ3v) is 4.08. The summed E-state index contributed by atoms with van der Waals surface area (Å²) in [5.41, 5.74) is 6.81. The van der Waals surface area contributed by atoms with Crippen molar-refractivity contribution >= 4 is 5.91 Å². The van der Waals surface area contributed by atoms with E-state index in [2.05, 4.69) is 22.0 Å². The highest BCUT2D eigenvalue weighted by Gasteiger charge is 2.17. The Balaban J connectivity index is 1.68. The molecular weight excluding hydrogens is 264 g/mol. The van der Waals surface area contributed by atoms with Gasteiger partial charge in [0, 0.05) is 39.3 Å². The van der Waals surface area contributed by atoms with Crippen LogP contribution in [0, 0.1) is 0 Å². The topological polar surface area (TPSA) is 61.6 Å². The van der Waals surface area contributed by atoms with Gasteiger partial charge < -0.3 is 16.0 Å². The lowest BCUT2D eigenvalue weighted by Gasteiger charge is -2.34. The molecular formula is C16H26N4O. The monoisotopic (exact) mass is 290 g/mol. The van der Waals surface area contributed by atoms with Crippen molar-refractivity contribution in [1.82, 2.24) is 15.1 Å². The fraction of sp³-hybridized carbons (Fsp3) is 0.562. The first-order chi connectivity index (χ1) is 10.2. The predicted octanol–water partition coefficient (Wildman–Crippen LogP) is 0.440. The average Bonchev–Trinajstić information content (AvgIpc) is 2.55. The number of carbonyl (C=O) groups excluding carboxylic acids is 1. The summed E-state index contributed by atoms with van der Waals surface area (Å²) in [6.07, 6.45) is 0. The van der Waals surface area contributed by atoms with Gasteiger partial charge in [-0.2, -0.15) is 0 Å². The molecule has 0 bridgehead atoms. The van der Waals surface area contributed by atoms with Gasteiger partial charge in [-0.3, -0.25) is 9.69 Å². The minimum Gasteiger partial charge on any atom is -0.353 e. The Morgan fingerprint density at radius 1 is 1.19 bits per heavy atom. The smallest absolute Gasteiger partial charge is 0.241 e. The summed E-state index contributed by atoms with van der Waals surface area (Å²) in [6, 6.07) is 8.90. The number of nitrogens with one attached hydrogen (secondary N) is 1. The highest BCUT2D eigenvalue weighted by molar-refractivity contribution is 5.82.